The van der Waals surface area contributed by atoms with Crippen molar-refractivity contribution in [1.82, 2.24) is 9.97 Å². The van der Waals surface area contributed by atoms with Gasteiger partial charge in [0.25, 0.3) is 0 Å². The van der Waals surface area contributed by atoms with Crippen molar-refractivity contribution in [2.24, 2.45) is 0 Å². The Balaban J connectivity index is 1.69. The number of sulfonamides is 1. The molecule has 0 unspecified atom stereocenters. The van der Waals surface area contributed by atoms with Crippen LogP contribution >= 0.6 is 0 Å². The van der Waals surface area contributed by atoms with Crippen LogP contribution < -0.4 is 14.9 Å². The second-order valence-corrected chi connectivity index (χ2v) is 8.62. The summed E-state index contributed by atoms with van der Waals surface area (Å²) in [4.78, 5) is 10.5. The van der Waals surface area contributed by atoms with Gasteiger partial charge < -0.3 is 10.2 Å². The van der Waals surface area contributed by atoms with Crippen molar-refractivity contribution >= 4 is 33.0 Å². The van der Waals surface area contributed by atoms with Crippen LogP contribution in [0.2, 0.25) is 0 Å². The van der Waals surface area contributed by atoms with Gasteiger partial charge in [-0.05, 0) is 48.9 Å². The predicted octanol–water partition coefficient (Wildman–Crippen LogP) is 3.81. The number of nitrogens with one attached hydrogen (secondary N) is 2. The first-order valence-corrected chi connectivity index (χ1v) is 10.6. The first-order valence-electron chi connectivity index (χ1n) is 8.95. The third-order valence-electron chi connectivity index (χ3n) is 3.99. The van der Waals surface area contributed by atoms with Gasteiger partial charge in [0.2, 0.25) is 10.0 Å². The maximum Gasteiger partial charge on any atom is 0.236 e. The molecule has 30 heavy (non-hydrogen) atoms. The first-order chi connectivity index (χ1) is 14.1. The number of halogens is 2. The molecule has 2 aromatic carbocycles. The van der Waals surface area contributed by atoms with Crippen LogP contribution in [0, 0.1) is 18.6 Å². The number of rotatable bonds is 7. The van der Waals surface area contributed by atoms with Gasteiger partial charge in [-0.1, -0.05) is 0 Å². The topological polar surface area (TPSA) is 87.2 Å². The SMILES string of the molecule is Cc1nc(Nc2ccc(NS(=O)(=O)Cc3cc(F)cc(F)c3)cc2)cc(N(C)C)n1. The summed E-state index contributed by atoms with van der Waals surface area (Å²) >= 11 is 0. The summed E-state index contributed by atoms with van der Waals surface area (Å²) in [7, 11) is -0.0843. The van der Waals surface area contributed by atoms with Crippen molar-refractivity contribution in [3.63, 3.8) is 0 Å². The summed E-state index contributed by atoms with van der Waals surface area (Å²) in [6.07, 6.45) is 0. The number of anilines is 4. The molecule has 0 spiro atoms. The Kier molecular flexibility index (Phi) is 6.16. The maximum atomic E-state index is 13.3. The van der Waals surface area contributed by atoms with E-state index >= 15 is 0 Å². The second kappa shape index (κ2) is 8.62. The molecule has 2 N–H and O–H groups in total. The predicted molar refractivity (Wildman–Crippen MR) is 113 cm³/mol. The first kappa shape index (κ1) is 21.4. The number of nitrogens with zero attached hydrogens (tertiary/aromatic N) is 3. The van der Waals surface area contributed by atoms with E-state index in [0.717, 1.165) is 18.0 Å². The minimum Gasteiger partial charge on any atom is -0.363 e. The van der Waals surface area contributed by atoms with Crippen molar-refractivity contribution in [2.45, 2.75) is 12.7 Å². The Labute approximate surface area is 173 Å². The molecule has 10 heteroatoms. The molecule has 0 aliphatic heterocycles. The highest BCUT2D eigenvalue weighted by atomic mass is 32.2. The zero-order valence-corrected chi connectivity index (χ0v) is 17.5. The van der Waals surface area contributed by atoms with Gasteiger partial charge in [-0.3, -0.25) is 4.72 Å². The van der Waals surface area contributed by atoms with E-state index in [2.05, 4.69) is 20.0 Å². The van der Waals surface area contributed by atoms with E-state index in [9.17, 15) is 17.2 Å². The normalized spacial score (nSPS) is 11.2. The molecule has 0 aliphatic carbocycles. The van der Waals surface area contributed by atoms with Crippen molar-refractivity contribution < 1.29 is 17.2 Å². The lowest BCUT2D eigenvalue weighted by atomic mass is 10.2. The van der Waals surface area contributed by atoms with Crippen molar-refractivity contribution in [2.75, 3.05) is 29.0 Å². The molecule has 3 rings (SSSR count). The molecule has 0 amide bonds. The highest BCUT2D eigenvalue weighted by Crippen LogP contribution is 2.21. The van der Waals surface area contributed by atoms with Crippen LogP contribution in [0.4, 0.5) is 31.8 Å². The van der Waals surface area contributed by atoms with Crippen LogP contribution in [-0.4, -0.2) is 32.5 Å². The van der Waals surface area contributed by atoms with Crippen molar-refractivity contribution in [1.29, 1.82) is 0 Å². The lowest BCUT2D eigenvalue weighted by molar-refractivity contribution is 0.579. The Morgan fingerprint density at radius 3 is 2.13 bits per heavy atom. The van der Waals surface area contributed by atoms with Crippen LogP contribution in [-0.2, 0) is 15.8 Å². The van der Waals surface area contributed by atoms with E-state index in [0.29, 0.717) is 29.1 Å². The van der Waals surface area contributed by atoms with Gasteiger partial charge in [0.15, 0.2) is 0 Å². The van der Waals surface area contributed by atoms with Crippen LogP contribution in [0.1, 0.15) is 11.4 Å². The van der Waals surface area contributed by atoms with E-state index in [1.165, 1.54) is 0 Å². The van der Waals surface area contributed by atoms with Crippen LogP contribution in [0.3, 0.4) is 0 Å². The van der Waals surface area contributed by atoms with Crippen LogP contribution in [0.5, 0.6) is 0 Å². The fourth-order valence-electron chi connectivity index (χ4n) is 2.74. The van der Waals surface area contributed by atoms with Crippen LogP contribution in [0.15, 0.2) is 48.5 Å². The molecule has 0 aliphatic rings. The zero-order chi connectivity index (χ0) is 21.9. The van der Waals surface area contributed by atoms with Gasteiger partial charge in [0, 0.05) is 37.6 Å². The lowest BCUT2D eigenvalue weighted by Gasteiger charge is -2.14. The molecule has 0 atom stereocenters. The van der Waals surface area contributed by atoms with Crippen molar-refractivity contribution in [3.8, 4) is 0 Å². The third-order valence-corrected chi connectivity index (χ3v) is 5.25. The van der Waals surface area contributed by atoms with E-state index in [-0.39, 0.29) is 5.56 Å². The molecule has 3 aromatic rings. The number of hydrogen-bond acceptors (Lipinski definition) is 6. The Bertz CT molecular complexity index is 1130. The van der Waals surface area contributed by atoms with E-state index < -0.39 is 27.4 Å². The fraction of sp³-hybridized carbons (Fsp3) is 0.200. The van der Waals surface area contributed by atoms with Crippen molar-refractivity contribution in [3.05, 3.63) is 71.6 Å². The molecule has 0 radical (unpaired) electrons. The summed E-state index contributed by atoms with van der Waals surface area (Å²) in [5.74, 6) is -0.228. The highest BCUT2D eigenvalue weighted by Gasteiger charge is 2.14. The summed E-state index contributed by atoms with van der Waals surface area (Å²) in [5, 5.41) is 3.14. The average molecular weight is 433 g/mol. The van der Waals surface area contributed by atoms with Gasteiger partial charge in [0.05, 0.1) is 5.75 Å². The standard InChI is InChI=1S/C20H21F2N5O2S/c1-13-23-19(11-20(24-13)27(2)3)25-17-4-6-18(7-5-17)26-30(28,29)12-14-8-15(21)10-16(22)9-14/h4-11,26H,12H2,1-3H3,(H,23,24,25). The highest BCUT2D eigenvalue weighted by molar-refractivity contribution is 7.91. The Hall–Kier alpha value is -3.27. The fourth-order valence-corrected chi connectivity index (χ4v) is 3.92. The van der Waals surface area contributed by atoms with E-state index in [1.807, 2.05) is 19.0 Å². The third kappa shape index (κ3) is 5.86. The Morgan fingerprint density at radius 1 is 0.933 bits per heavy atom. The Morgan fingerprint density at radius 2 is 1.53 bits per heavy atom. The summed E-state index contributed by atoms with van der Waals surface area (Å²) in [5.41, 5.74) is 1.05. The largest absolute Gasteiger partial charge is 0.363 e. The average Bonchev–Trinajstić information content (AvgIpc) is 2.61. The van der Waals surface area contributed by atoms with Gasteiger partial charge in [-0.15, -0.1) is 0 Å². The monoisotopic (exact) mass is 433 g/mol. The molecule has 7 nitrogen and oxygen atoms in total. The molecule has 158 valence electrons. The minimum atomic E-state index is -3.84. The zero-order valence-electron chi connectivity index (χ0n) is 16.6. The molecule has 0 fully saturated rings. The van der Waals surface area contributed by atoms with Gasteiger partial charge in [-0.25, -0.2) is 27.2 Å². The maximum absolute atomic E-state index is 13.3. The van der Waals surface area contributed by atoms with Crippen LogP contribution in [0.25, 0.3) is 0 Å². The van der Waals surface area contributed by atoms with Gasteiger partial charge >= 0.3 is 0 Å². The quantitative estimate of drug-likeness (QED) is 0.589. The van der Waals surface area contributed by atoms with E-state index in [4.69, 9.17) is 0 Å². The molecule has 1 aromatic heterocycles. The molecular formula is C20H21F2N5O2S. The van der Waals surface area contributed by atoms with E-state index in [1.54, 1.807) is 37.3 Å². The lowest BCUT2D eigenvalue weighted by Crippen LogP contribution is -2.15. The van der Waals surface area contributed by atoms with Gasteiger partial charge in [-0.2, -0.15) is 0 Å². The number of hydrogen-bond donors (Lipinski definition) is 2. The molecule has 0 bridgehead atoms. The second-order valence-electron chi connectivity index (χ2n) is 6.89. The number of aryl methyl sites for hydroxylation is 1. The number of aromatic nitrogens is 2. The van der Waals surface area contributed by atoms with Gasteiger partial charge in [0.1, 0.15) is 29.1 Å². The molecular weight excluding hydrogens is 412 g/mol. The number of benzene rings is 2. The summed E-state index contributed by atoms with van der Waals surface area (Å²) in [6.45, 7) is 1.79. The smallest absolute Gasteiger partial charge is 0.236 e. The summed E-state index contributed by atoms with van der Waals surface area (Å²) < 4.78 is 53.6. The molecule has 1 heterocycles. The summed E-state index contributed by atoms with van der Waals surface area (Å²) in [6, 6.07) is 11.0. The molecule has 0 saturated carbocycles. The minimum absolute atomic E-state index is 0.0223. The molecule has 0 saturated heterocycles.